The lowest BCUT2D eigenvalue weighted by Gasteiger charge is -2.12. The molecule has 0 spiro atoms. The molecule has 1 aromatic heterocycles. The highest BCUT2D eigenvalue weighted by Crippen LogP contribution is 2.11. The van der Waals surface area contributed by atoms with Gasteiger partial charge in [-0.15, -0.1) is 0 Å². The minimum absolute atomic E-state index is 0.264. The van der Waals surface area contributed by atoms with Crippen LogP contribution < -0.4 is 10.6 Å². The average molecular weight is 376 g/mol. The van der Waals surface area contributed by atoms with Crippen molar-refractivity contribution in [1.82, 2.24) is 10.3 Å². The van der Waals surface area contributed by atoms with Crippen LogP contribution in [-0.2, 0) is 6.54 Å². The van der Waals surface area contributed by atoms with E-state index in [9.17, 15) is 9.18 Å². The van der Waals surface area contributed by atoms with E-state index in [-0.39, 0.29) is 24.2 Å². The van der Waals surface area contributed by atoms with Crippen LogP contribution in [-0.4, -0.2) is 16.9 Å². The highest BCUT2D eigenvalue weighted by atomic mass is 19.1. The van der Waals surface area contributed by atoms with Gasteiger partial charge >= 0.3 is 0 Å². The number of guanidine groups is 1. The third kappa shape index (κ3) is 5.23. The number of carbonyl (C=O) groups is 1. The Balaban J connectivity index is 1.80. The minimum atomic E-state index is -0.336. The van der Waals surface area contributed by atoms with E-state index in [1.807, 2.05) is 44.2 Å². The van der Waals surface area contributed by atoms with E-state index in [1.165, 1.54) is 12.1 Å². The molecule has 0 atom stereocenters. The maximum atomic E-state index is 13.2. The van der Waals surface area contributed by atoms with Gasteiger partial charge in [0.2, 0.25) is 5.96 Å². The summed E-state index contributed by atoms with van der Waals surface area (Å²) in [5, 5.41) is 5.82. The SMILES string of the molecule is Cc1ccc(C(=O)NC(=NCc2ccccn2)Nc2ccc(F)cc2)cc1C. The molecule has 6 heteroatoms. The zero-order chi connectivity index (χ0) is 19.9. The molecule has 1 heterocycles. The molecule has 5 nitrogen and oxygen atoms in total. The van der Waals surface area contributed by atoms with Crippen molar-refractivity contribution in [3.05, 3.63) is 95.1 Å². The predicted octanol–water partition coefficient (Wildman–Crippen LogP) is 4.24. The van der Waals surface area contributed by atoms with Gasteiger partial charge in [0.25, 0.3) is 5.91 Å². The molecule has 3 rings (SSSR count). The molecule has 1 amide bonds. The van der Waals surface area contributed by atoms with Crippen molar-refractivity contribution < 1.29 is 9.18 Å². The van der Waals surface area contributed by atoms with Gasteiger partial charge in [-0.25, -0.2) is 9.38 Å². The van der Waals surface area contributed by atoms with Crippen LogP contribution in [0, 0.1) is 19.7 Å². The molecule has 0 unspecified atom stereocenters. The fraction of sp³-hybridized carbons (Fsp3) is 0.136. The number of hydrogen-bond donors (Lipinski definition) is 2. The highest BCUT2D eigenvalue weighted by Gasteiger charge is 2.10. The van der Waals surface area contributed by atoms with E-state index in [0.717, 1.165) is 16.8 Å². The van der Waals surface area contributed by atoms with Gasteiger partial charge in [0.1, 0.15) is 5.82 Å². The summed E-state index contributed by atoms with van der Waals surface area (Å²) >= 11 is 0. The summed E-state index contributed by atoms with van der Waals surface area (Å²) < 4.78 is 13.2. The maximum Gasteiger partial charge on any atom is 0.257 e. The van der Waals surface area contributed by atoms with Crippen molar-refractivity contribution in [2.75, 3.05) is 5.32 Å². The molecule has 0 aliphatic heterocycles. The smallest absolute Gasteiger partial charge is 0.257 e. The fourth-order valence-electron chi connectivity index (χ4n) is 2.49. The second kappa shape index (κ2) is 8.90. The molecule has 142 valence electrons. The highest BCUT2D eigenvalue weighted by molar-refractivity contribution is 6.10. The lowest BCUT2D eigenvalue weighted by molar-refractivity contribution is 0.0977. The number of anilines is 1. The molecular formula is C22H21FN4O. The summed E-state index contributed by atoms with van der Waals surface area (Å²) in [5.74, 6) is -0.352. The summed E-state index contributed by atoms with van der Waals surface area (Å²) in [7, 11) is 0. The van der Waals surface area contributed by atoms with Gasteiger partial charge in [0.15, 0.2) is 0 Å². The molecule has 28 heavy (non-hydrogen) atoms. The molecule has 3 aromatic rings. The number of hydrogen-bond acceptors (Lipinski definition) is 3. The Morgan fingerprint density at radius 3 is 2.50 bits per heavy atom. The number of aliphatic imine (C=N–C) groups is 1. The standard InChI is InChI=1S/C22H21FN4O/c1-15-6-7-17(13-16(15)2)21(28)27-22(25-14-20-5-3-4-12-24-20)26-19-10-8-18(23)9-11-19/h3-13H,14H2,1-2H3,(H2,25,26,27,28). The molecule has 0 aliphatic carbocycles. The Bertz CT molecular complexity index is 985. The van der Waals surface area contributed by atoms with Gasteiger partial charge in [-0.05, 0) is 73.5 Å². The van der Waals surface area contributed by atoms with Crippen LogP contribution in [0.5, 0.6) is 0 Å². The Hall–Kier alpha value is -3.54. The Morgan fingerprint density at radius 1 is 1.04 bits per heavy atom. The van der Waals surface area contributed by atoms with Gasteiger partial charge in [-0.3, -0.25) is 15.1 Å². The Labute approximate surface area is 163 Å². The van der Waals surface area contributed by atoms with Gasteiger partial charge in [-0.2, -0.15) is 0 Å². The molecule has 2 aromatic carbocycles. The van der Waals surface area contributed by atoms with E-state index >= 15 is 0 Å². The van der Waals surface area contributed by atoms with Crippen LogP contribution in [0.25, 0.3) is 0 Å². The number of aryl methyl sites for hydroxylation is 2. The second-order valence-electron chi connectivity index (χ2n) is 6.37. The van der Waals surface area contributed by atoms with Gasteiger partial charge in [-0.1, -0.05) is 12.1 Å². The monoisotopic (exact) mass is 376 g/mol. The first-order valence-electron chi connectivity index (χ1n) is 8.87. The van der Waals surface area contributed by atoms with Crippen molar-refractivity contribution in [3.8, 4) is 0 Å². The van der Waals surface area contributed by atoms with Crippen molar-refractivity contribution >= 4 is 17.6 Å². The van der Waals surface area contributed by atoms with Crippen molar-refractivity contribution in [2.45, 2.75) is 20.4 Å². The maximum absolute atomic E-state index is 13.2. The van der Waals surface area contributed by atoms with Gasteiger partial charge in [0, 0.05) is 17.4 Å². The number of pyridine rings is 1. The molecule has 0 saturated heterocycles. The number of carbonyl (C=O) groups excluding carboxylic acids is 1. The zero-order valence-electron chi connectivity index (χ0n) is 15.7. The van der Waals surface area contributed by atoms with Crippen LogP contribution in [0.2, 0.25) is 0 Å². The quantitative estimate of drug-likeness (QED) is 0.529. The van der Waals surface area contributed by atoms with Crippen molar-refractivity contribution in [3.63, 3.8) is 0 Å². The number of halogens is 1. The van der Waals surface area contributed by atoms with Crippen LogP contribution in [0.3, 0.4) is 0 Å². The molecular weight excluding hydrogens is 355 g/mol. The normalized spacial score (nSPS) is 11.2. The Kier molecular flexibility index (Phi) is 6.11. The lowest BCUT2D eigenvalue weighted by Crippen LogP contribution is -2.36. The van der Waals surface area contributed by atoms with E-state index in [2.05, 4.69) is 20.6 Å². The number of amides is 1. The first-order chi connectivity index (χ1) is 13.5. The molecule has 0 bridgehead atoms. The largest absolute Gasteiger partial charge is 0.326 e. The molecule has 2 N–H and O–H groups in total. The van der Waals surface area contributed by atoms with E-state index < -0.39 is 0 Å². The lowest BCUT2D eigenvalue weighted by atomic mass is 10.1. The predicted molar refractivity (Wildman–Crippen MR) is 109 cm³/mol. The first kappa shape index (κ1) is 19.2. The molecule has 0 radical (unpaired) electrons. The van der Waals surface area contributed by atoms with Crippen LogP contribution in [0.1, 0.15) is 27.2 Å². The van der Waals surface area contributed by atoms with Gasteiger partial charge in [0.05, 0.1) is 12.2 Å². The van der Waals surface area contributed by atoms with Crippen LogP contribution >= 0.6 is 0 Å². The summed E-state index contributed by atoms with van der Waals surface area (Å²) in [6.45, 7) is 4.24. The van der Waals surface area contributed by atoms with E-state index in [4.69, 9.17) is 0 Å². The zero-order valence-corrected chi connectivity index (χ0v) is 15.7. The number of aromatic nitrogens is 1. The average Bonchev–Trinajstić information content (AvgIpc) is 2.70. The number of rotatable bonds is 4. The third-order valence-electron chi connectivity index (χ3n) is 4.23. The molecule has 0 aliphatic rings. The summed E-state index contributed by atoms with van der Waals surface area (Å²) in [5.41, 5.74) is 4.06. The van der Waals surface area contributed by atoms with E-state index in [1.54, 1.807) is 24.4 Å². The summed E-state index contributed by atoms with van der Waals surface area (Å²) in [6, 6.07) is 16.9. The number of nitrogens with zero attached hydrogens (tertiary/aromatic N) is 2. The van der Waals surface area contributed by atoms with Crippen molar-refractivity contribution in [1.29, 1.82) is 0 Å². The summed E-state index contributed by atoms with van der Waals surface area (Å²) in [4.78, 5) is 21.3. The molecule has 0 saturated carbocycles. The third-order valence-corrected chi connectivity index (χ3v) is 4.23. The number of nitrogens with one attached hydrogen (secondary N) is 2. The van der Waals surface area contributed by atoms with E-state index in [0.29, 0.717) is 11.3 Å². The molecule has 0 fully saturated rings. The minimum Gasteiger partial charge on any atom is -0.326 e. The Morgan fingerprint density at radius 2 is 1.82 bits per heavy atom. The fourth-order valence-corrected chi connectivity index (χ4v) is 2.49. The van der Waals surface area contributed by atoms with Crippen LogP contribution in [0.15, 0.2) is 71.9 Å². The van der Waals surface area contributed by atoms with Crippen LogP contribution in [0.4, 0.5) is 10.1 Å². The summed E-state index contributed by atoms with van der Waals surface area (Å²) in [6.07, 6.45) is 1.69. The topological polar surface area (TPSA) is 66.4 Å². The first-order valence-corrected chi connectivity index (χ1v) is 8.87. The van der Waals surface area contributed by atoms with Gasteiger partial charge < -0.3 is 5.32 Å². The number of benzene rings is 2. The van der Waals surface area contributed by atoms with Crippen molar-refractivity contribution in [2.24, 2.45) is 4.99 Å². The second-order valence-corrected chi connectivity index (χ2v) is 6.37.